The number of hydrogen-bond acceptors (Lipinski definition) is 2. The van der Waals surface area contributed by atoms with Crippen molar-refractivity contribution in [1.29, 1.82) is 0 Å². The number of aryl methyl sites for hydroxylation is 1. The van der Waals surface area contributed by atoms with Gasteiger partial charge in [-0.2, -0.15) is 0 Å². The van der Waals surface area contributed by atoms with Gasteiger partial charge in [0.1, 0.15) is 11.6 Å². The number of hydrogen-bond donors (Lipinski definition) is 1. The van der Waals surface area contributed by atoms with Gasteiger partial charge < -0.3 is 9.84 Å². The van der Waals surface area contributed by atoms with Gasteiger partial charge in [0.15, 0.2) is 0 Å². The largest absolute Gasteiger partial charge is 0.496 e. The third-order valence-corrected chi connectivity index (χ3v) is 2.20. The van der Waals surface area contributed by atoms with Gasteiger partial charge in [0.2, 0.25) is 0 Å². The van der Waals surface area contributed by atoms with Gasteiger partial charge in [0.05, 0.1) is 7.11 Å². The third-order valence-electron chi connectivity index (χ3n) is 2.20. The van der Waals surface area contributed by atoms with E-state index in [1.54, 1.807) is 19.1 Å². The number of ether oxygens (including phenoxy) is 1. The first-order valence-corrected chi connectivity index (χ1v) is 4.63. The molecule has 0 saturated carbocycles. The van der Waals surface area contributed by atoms with Crippen LogP contribution in [-0.4, -0.2) is 18.8 Å². The summed E-state index contributed by atoms with van der Waals surface area (Å²) in [6.45, 7) is 1.79. The van der Waals surface area contributed by atoms with Gasteiger partial charge >= 0.3 is 0 Å². The smallest absolute Gasteiger partial charge is 0.132 e. The number of aliphatic hydroxyl groups is 1. The molecular weight excluding hydrogens is 183 g/mol. The molecule has 0 saturated heterocycles. The molecule has 78 valence electrons. The van der Waals surface area contributed by atoms with Crippen LogP contribution in [0.15, 0.2) is 12.1 Å². The maximum atomic E-state index is 13.6. The second-order valence-electron chi connectivity index (χ2n) is 3.20. The molecule has 0 amide bonds. The van der Waals surface area contributed by atoms with Crippen molar-refractivity contribution in [2.45, 2.75) is 19.8 Å². The van der Waals surface area contributed by atoms with Crippen molar-refractivity contribution >= 4 is 0 Å². The monoisotopic (exact) mass is 198 g/mol. The van der Waals surface area contributed by atoms with Crippen molar-refractivity contribution in [3.8, 4) is 5.75 Å². The molecule has 3 heteroatoms. The van der Waals surface area contributed by atoms with E-state index in [0.29, 0.717) is 29.7 Å². The highest BCUT2D eigenvalue weighted by molar-refractivity contribution is 5.38. The second-order valence-corrected chi connectivity index (χ2v) is 3.20. The average molecular weight is 198 g/mol. The van der Waals surface area contributed by atoms with Crippen LogP contribution in [0.25, 0.3) is 0 Å². The van der Waals surface area contributed by atoms with E-state index in [9.17, 15) is 4.39 Å². The molecule has 0 heterocycles. The highest BCUT2D eigenvalue weighted by atomic mass is 19.1. The van der Waals surface area contributed by atoms with E-state index in [2.05, 4.69) is 0 Å². The Morgan fingerprint density at radius 3 is 2.71 bits per heavy atom. The molecule has 0 aliphatic carbocycles. The third kappa shape index (κ3) is 2.23. The minimum Gasteiger partial charge on any atom is -0.496 e. The molecule has 0 aliphatic heterocycles. The summed E-state index contributed by atoms with van der Waals surface area (Å²) < 4.78 is 18.7. The fourth-order valence-electron chi connectivity index (χ4n) is 1.40. The van der Waals surface area contributed by atoms with E-state index >= 15 is 0 Å². The molecule has 1 aromatic carbocycles. The molecule has 0 aromatic heterocycles. The molecule has 0 bridgehead atoms. The first-order valence-electron chi connectivity index (χ1n) is 4.63. The Bertz CT molecular complexity index is 310. The zero-order valence-electron chi connectivity index (χ0n) is 8.51. The van der Waals surface area contributed by atoms with E-state index in [1.165, 1.54) is 7.11 Å². The fraction of sp³-hybridized carbons (Fsp3) is 0.455. The summed E-state index contributed by atoms with van der Waals surface area (Å²) in [4.78, 5) is 0. The second kappa shape index (κ2) is 4.96. The normalized spacial score (nSPS) is 10.3. The lowest BCUT2D eigenvalue weighted by atomic mass is 10.0. The van der Waals surface area contributed by atoms with Crippen LogP contribution < -0.4 is 4.74 Å². The molecule has 0 atom stereocenters. The van der Waals surface area contributed by atoms with E-state index in [0.717, 1.165) is 0 Å². The molecule has 1 N–H and O–H groups in total. The maximum Gasteiger partial charge on any atom is 0.132 e. The van der Waals surface area contributed by atoms with Crippen molar-refractivity contribution in [2.24, 2.45) is 0 Å². The molecule has 1 rings (SSSR count). The van der Waals surface area contributed by atoms with Gasteiger partial charge in [-0.3, -0.25) is 0 Å². The van der Waals surface area contributed by atoms with Gasteiger partial charge in [0.25, 0.3) is 0 Å². The summed E-state index contributed by atoms with van der Waals surface area (Å²) >= 11 is 0. The SMILES string of the molecule is COc1ccc(C)c(F)c1CCCO. The quantitative estimate of drug-likeness (QED) is 0.802. The highest BCUT2D eigenvalue weighted by Crippen LogP contribution is 2.25. The number of benzene rings is 1. The number of halogens is 1. The van der Waals surface area contributed by atoms with Crippen LogP contribution in [0.3, 0.4) is 0 Å². The zero-order valence-corrected chi connectivity index (χ0v) is 8.51. The Balaban J connectivity index is 3.01. The fourth-order valence-corrected chi connectivity index (χ4v) is 1.40. The van der Waals surface area contributed by atoms with Gasteiger partial charge in [-0.1, -0.05) is 6.07 Å². The Labute approximate surface area is 83.3 Å². The van der Waals surface area contributed by atoms with E-state index < -0.39 is 0 Å². The van der Waals surface area contributed by atoms with Crippen LogP contribution in [-0.2, 0) is 6.42 Å². The molecule has 0 spiro atoms. The highest BCUT2D eigenvalue weighted by Gasteiger charge is 2.10. The zero-order chi connectivity index (χ0) is 10.6. The predicted octanol–water partition coefficient (Wildman–Crippen LogP) is 2.07. The Hall–Kier alpha value is -1.09. The summed E-state index contributed by atoms with van der Waals surface area (Å²) in [5.41, 5.74) is 1.17. The lowest BCUT2D eigenvalue weighted by molar-refractivity contribution is 0.287. The average Bonchev–Trinajstić information content (AvgIpc) is 2.20. The van der Waals surface area contributed by atoms with Crippen LogP contribution in [0.2, 0.25) is 0 Å². The minimum atomic E-state index is -0.224. The van der Waals surface area contributed by atoms with Crippen molar-refractivity contribution in [2.75, 3.05) is 13.7 Å². The van der Waals surface area contributed by atoms with Crippen LogP contribution in [0.5, 0.6) is 5.75 Å². The van der Waals surface area contributed by atoms with Crippen molar-refractivity contribution in [1.82, 2.24) is 0 Å². The van der Waals surface area contributed by atoms with Crippen LogP contribution in [0.4, 0.5) is 4.39 Å². The molecule has 0 aliphatic rings. The minimum absolute atomic E-state index is 0.0660. The van der Waals surface area contributed by atoms with E-state index in [-0.39, 0.29) is 12.4 Å². The van der Waals surface area contributed by atoms with Gasteiger partial charge in [-0.15, -0.1) is 0 Å². The van der Waals surface area contributed by atoms with Gasteiger partial charge in [-0.25, -0.2) is 4.39 Å². The molecule has 1 aromatic rings. The molecular formula is C11H15FO2. The first-order chi connectivity index (χ1) is 6.70. The van der Waals surface area contributed by atoms with Crippen molar-refractivity contribution in [3.63, 3.8) is 0 Å². The van der Waals surface area contributed by atoms with Crippen molar-refractivity contribution in [3.05, 3.63) is 29.1 Å². The van der Waals surface area contributed by atoms with Gasteiger partial charge in [0, 0.05) is 12.2 Å². The summed E-state index contributed by atoms with van der Waals surface area (Å²) in [6, 6.07) is 3.45. The number of methoxy groups -OCH3 is 1. The van der Waals surface area contributed by atoms with Gasteiger partial charge in [-0.05, 0) is 31.4 Å². The standard InChI is InChI=1S/C11H15FO2/c1-8-5-6-10(14-2)9(11(8)12)4-3-7-13/h5-6,13H,3-4,7H2,1-2H3. The Morgan fingerprint density at radius 1 is 1.43 bits per heavy atom. The topological polar surface area (TPSA) is 29.5 Å². The lowest BCUT2D eigenvalue weighted by Crippen LogP contribution is -2.00. The maximum absolute atomic E-state index is 13.6. The Kier molecular flexibility index (Phi) is 3.89. The van der Waals surface area contributed by atoms with E-state index in [4.69, 9.17) is 9.84 Å². The summed E-state index contributed by atoms with van der Waals surface area (Å²) in [5, 5.41) is 8.69. The van der Waals surface area contributed by atoms with Crippen molar-refractivity contribution < 1.29 is 14.2 Å². The van der Waals surface area contributed by atoms with Crippen LogP contribution >= 0.6 is 0 Å². The number of aliphatic hydroxyl groups excluding tert-OH is 1. The number of rotatable bonds is 4. The molecule has 2 nitrogen and oxygen atoms in total. The summed E-state index contributed by atoms with van der Waals surface area (Å²) in [5.74, 6) is 0.333. The van der Waals surface area contributed by atoms with Crippen LogP contribution in [0.1, 0.15) is 17.5 Å². The molecule has 0 fully saturated rings. The lowest BCUT2D eigenvalue weighted by Gasteiger charge is -2.10. The molecule has 0 unspecified atom stereocenters. The van der Waals surface area contributed by atoms with E-state index in [1.807, 2.05) is 0 Å². The molecule has 0 radical (unpaired) electrons. The van der Waals surface area contributed by atoms with Crippen LogP contribution in [0, 0.1) is 12.7 Å². The predicted molar refractivity (Wildman–Crippen MR) is 53.1 cm³/mol. The Morgan fingerprint density at radius 2 is 2.14 bits per heavy atom. The molecule has 14 heavy (non-hydrogen) atoms. The summed E-state index contributed by atoms with van der Waals surface area (Å²) in [7, 11) is 1.52. The summed E-state index contributed by atoms with van der Waals surface area (Å²) in [6.07, 6.45) is 1.06. The first kappa shape index (κ1) is 11.0.